The maximum Gasteiger partial charge on any atom is 0.169 e. The van der Waals surface area contributed by atoms with Crippen molar-refractivity contribution < 1.29 is 9.05 Å². The molecule has 2 heterocycles. The molecule has 3 heteroatoms. The number of aryl methyl sites for hydroxylation is 1. The molecular weight excluding hydrogens is 402 g/mol. The SMILES string of the molecule is CCCCCCCCCCCCCC[N+](C)(C)CCCC[n+]1ccc(-c2ccncc2)cc1. The van der Waals surface area contributed by atoms with Crippen LogP contribution in [0.4, 0.5) is 0 Å². The monoisotopic (exact) mass is 453 g/mol. The molecule has 0 atom stereocenters. The molecule has 0 aromatic carbocycles. The van der Waals surface area contributed by atoms with E-state index < -0.39 is 0 Å². The van der Waals surface area contributed by atoms with Crippen LogP contribution in [0.25, 0.3) is 11.1 Å². The van der Waals surface area contributed by atoms with Gasteiger partial charge in [0, 0.05) is 37.4 Å². The zero-order valence-corrected chi connectivity index (χ0v) is 22.0. The van der Waals surface area contributed by atoms with Crippen LogP contribution >= 0.6 is 0 Å². The highest BCUT2D eigenvalue weighted by molar-refractivity contribution is 5.61. The molecule has 3 nitrogen and oxygen atoms in total. The van der Waals surface area contributed by atoms with E-state index in [1.165, 1.54) is 119 Å². The summed E-state index contributed by atoms with van der Waals surface area (Å²) in [6.45, 7) is 6.01. The lowest BCUT2D eigenvalue weighted by atomic mass is 10.1. The Kier molecular flexibility index (Phi) is 14.0. The summed E-state index contributed by atoms with van der Waals surface area (Å²) in [7, 11) is 4.82. The fourth-order valence-corrected chi connectivity index (χ4v) is 4.67. The lowest BCUT2D eigenvalue weighted by molar-refractivity contribution is -0.891. The van der Waals surface area contributed by atoms with E-state index in [9.17, 15) is 0 Å². The largest absolute Gasteiger partial charge is 0.328 e. The van der Waals surface area contributed by atoms with E-state index in [4.69, 9.17) is 0 Å². The van der Waals surface area contributed by atoms with Gasteiger partial charge in [0.05, 0.1) is 27.2 Å². The average molecular weight is 454 g/mol. The highest BCUT2D eigenvalue weighted by atomic mass is 15.3. The summed E-state index contributed by atoms with van der Waals surface area (Å²) in [6.07, 6.45) is 27.9. The standard InChI is InChI=1S/C30H51N3/c1-4-5-6-7-8-9-10-11-12-13-14-16-27-33(2,3)28-17-15-24-32-25-20-30(21-26-32)29-18-22-31-23-19-29/h18-23,25-26H,4-17,24,27-28H2,1-3H3/q+2. The van der Waals surface area contributed by atoms with Gasteiger partial charge < -0.3 is 4.48 Å². The second-order valence-electron chi connectivity index (χ2n) is 10.5. The van der Waals surface area contributed by atoms with Crippen molar-refractivity contribution in [3.63, 3.8) is 0 Å². The van der Waals surface area contributed by atoms with Crippen molar-refractivity contribution in [3.05, 3.63) is 49.1 Å². The predicted molar refractivity (Wildman–Crippen MR) is 142 cm³/mol. The summed E-state index contributed by atoms with van der Waals surface area (Å²) in [4.78, 5) is 4.10. The molecule has 2 aromatic heterocycles. The fourth-order valence-electron chi connectivity index (χ4n) is 4.67. The van der Waals surface area contributed by atoms with Crippen molar-refractivity contribution in [3.8, 4) is 11.1 Å². The highest BCUT2D eigenvalue weighted by Gasteiger charge is 2.14. The lowest BCUT2D eigenvalue weighted by Crippen LogP contribution is -2.41. The summed E-state index contributed by atoms with van der Waals surface area (Å²) < 4.78 is 3.49. The third-order valence-corrected chi connectivity index (χ3v) is 6.95. The fraction of sp³-hybridized carbons (Fsp3) is 0.667. The maximum absolute atomic E-state index is 4.10. The number of hydrogen-bond acceptors (Lipinski definition) is 1. The van der Waals surface area contributed by atoms with Crippen molar-refractivity contribution in [2.45, 2.75) is 103 Å². The Morgan fingerprint density at radius 2 is 1.06 bits per heavy atom. The molecule has 0 unspecified atom stereocenters. The molecule has 2 aromatic rings. The Balaban J connectivity index is 1.46. The first-order chi connectivity index (χ1) is 16.1. The smallest absolute Gasteiger partial charge is 0.169 e. The number of hydrogen-bond donors (Lipinski definition) is 0. The number of quaternary nitrogens is 1. The van der Waals surface area contributed by atoms with Crippen molar-refractivity contribution >= 4 is 0 Å². The summed E-state index contributed by atoms with van der Waals surface area (Å²) in [5.74, 6) is 0. The maximum atomic E-state index is 4.10. The molecule has 0 saturated carbocycles. The minimum Gasteiger partial charge on any atom is -0.328 e. The number of nitrogens with zero attached hydrogens (tertiary/aromatic N) is 3. The van der Waals surface area contributed by atoms with Crippen LogP contribution in [0.1, 0.15) is 96.8 Å². The minimum absolute atomic E-state index is 1.11. The van der Waals surface area contributed by atoms with Gasteiger partial charge in [-0.3, -0.25) is 4.98 Å². The first-order valence-electron chi connectivity index (χ1n) is 13.8. The van der Waals surface area contributed by atoms with Crippen LogP contribution in [-0.4, -0.2) is 36.7 Å². The molecule has 33 heavy (non-hydrogen) atoms. The molecule has 0 bridgehead atoms. The van der Waals surface area contributed by atoms with E-state index in [2.05, 4.69) is 67.2 Å². The molecule has 184 valence electrons. The van der Waals surface area contributed by atoms with Gasteiger partial charge in [-0.05, 0) is 36.1 Å². The molecule has 0 N–H and O–H groups in total. The zero-order valence-electron chi connectivity index (χ0n) is 22.0. The van der Waals surface area contributed by atoms with Gasteiger partial charge in [-0.2, -0.15) is 0 Å². The van der Waals surface area contributed by atoms with Gasteiger partial charge in [0.25, 0.3) is 0 Å². The molecule has 0 radical (unpaired) electrons. The van der Waals surface area contributed by atoms with E-state index in [0.717, 1.165) is 6.54 Å². The first-order valence-corrected chi connectivity index (χ1v) is 13.8. The number of rotatable bonds is 19. The number of unbranched alkanes of at least 4 members (excludes halogenated alkanes) is 12. The second-order valence-corrected chi connectivity index (χ2v) is 10.5. The van der Waals surface area contributed by atoms with Gasteiger partial charge in [0.2, 0.25) is 0 Å². The van der Waals surface area contributed by atoms with E-state index in [1.807, 2.05) is 12.4 Å². The van der Waals surface area contributed by atoms with Crippen LogP contribution in [0.5, 0.6) is 0 Å². The van der Waals surface area contributed by atoms with Crippen LogP contribution in [0.2, 0.25) is 0 Å². The normalized spacial score (nSPS) is 11.7. The third-order valence-electron chi connectivity index (χ3n) is 6.95. The van der Waals surface area contributed by atoms with Gasteiger partial charge in [0.1, 0.15) is 6.54 Å². The molecule has 0 aliphatic rings. The minimum atomic E-state index is 1.11. The van der Waals surface area contributed by atoms with Gasteiger partial charge in [-0.25, -0.2) is 4.57 Å². The van der Waals surface area contributed by atoms with Crippen LogP contribution in [0.3, 0.4) is 0 Å². The first kappa shape index (κ1) is 27.5. The Labute approximate surface area is 204 Å². The Morgan fingerprint density at radius 3 is 1.61 bits per heavy atom. The molecular formula is C30H51N3+2. The summed E-state index contributed by atoms with van der Waals surface area (Å²) in [6, 6.07) is 8.55. The van der Waals surface area contributed by atoms with Crippen LogP contribution < -0.4 is 4.57 Å². The average Bonchev–Trinajstić information content (AvgIpc) is 2.83. The summed E-state index contributed by atoms with van der Waals surface area (Å²) in [5, 5.41) is 0. The van der Waals surface area contributed by atoms with Crippen LogP contribution in [0.15, 0.2) is 49.1 Å². The van der Waals surface area contributed by atoms with E-state index >= 15 is 0 Å². The molecule has 0 aliphatic heterocycles. The lowest BCUT2D eigenvalue weighted by Gasteiger charge is -2.29. The molecule has 0 saturated heterocycles. The number of pyridine rings is 2. The third kappa shape index (κ3) is 12.9. The Morgan fingerprint density at radius 1 is 0.606 bits per heavy atom. The van der Waals surface area contributed by atoms with Crippen molar-refractivity contribution in [2.75, 3.05) is 27.2 Å². The number of aromatic nitrogens is 2. The Bertz CT molecular complexity index is 709. The van der Waals surface area contributed by atoms with Gasteiger partial charge in [0.15, 0.2) is 12.4 Å². The van der Waals surface area contributed by atoms with Crippen molar-refractivity contribution in [1.82, 2.24) is 4.98 Å². The molecule has 0 spiro atoms. The topological polar surface area (TPSA) is 16.8 Å². The second kappa shape index (κ2) is 16.8. The molecule has 0 amide bonds. The molecule has 0 aliphatic carbocycles. The van der Waals surface area contributed by atoms with Gasteiger partial charge >= 0.3 is 0 Å². The van der Waals surface area contributed by atoms with Crippen LogP contribution in [0, 0.1) is 0 Å². The van der Waals surface area contributed by atoms with E-state index in [1.54, 1.807) is 0 Å². The summed E-state index contributed by atoms with van der Waals surface area (Å²) in [5.41, 5.74) is 2.49. The zero-order chi connectivity index (χ0) is 23.6. The predicted octanol–water partition coefficient (Wildman–Crippen LogP) is 7.59. The molecule has 2 rings (SSSR count). The van der Waals surface area contributed by atoms with Gasteiger partial charge in [-0.1, -0.05) is 71.1 Å². The quantitative estimate of drug-likeness (QED) is 0.122. The van der Waals surface area contributed by atoms with E-state index in [0.29, 0.717) is 0 Å². The van der Waals surface area contributed by atoms with Crippen molar-refractivity contribution in [2.24, 2.45) is 0 Å². The van der Waals surface area contributed by atoms with Crippen molar-refractivity contribution in [1.29, 1.82) is 0 Å². The van der Waals surface area contributed by atoms with E-state index in [-0.39, 0.29) is 0 Å². The van der Waals surface area contributed by atoms with Gasteiger partial charge in [-0.15, -0.1) is 0 Å². The molecule has 0 fully saturated rings. The highest BCUT2D eigenvalue weighted by Crippen LogP contribution is 2.16. The Hall–Kier alpha value is -1.74. The van der Waals surface area contributed by atoms with Crippen LogP contribution in [-0.2, 0) is 6.54 Å². The summed E-state index contributed by atoms with van der Waals surface area (Å²) >= 11 is 0.